The summed E-state index contributed by atoms with van der Waals surface area (Å²) in [4.78, 5) is 15.7. The van der Waals surface area contributed by atoms with E-state index in [4.69, 9.17) is 10.8 Å². The second-order valence-electron chi connectivity index (χ2n) is 3.89. The summed E-state index contributed by atoms with van der Waals surface area (Å²) in [5, 5.41) is 16.1. The smallest absolute Gasteiger partial charge is 0.347 e. The molecule has 6 nitrogen and oxygen atoms in total. The first-order valence-corrected chi connectivity index (χ1v) is 5.85. The number of rotatable bonds is 3. The van der Waals surface area contributed by atoms with Crippen molar-refractivity contribution in [3.63, 3.8) is 0 Å². The van der Waals surface area contributed by atoms with Gasteiger partial charge in [0.1, 0.15) is 15.7 Å². The summed E-state index contributed by atoms with van der Waals surface area (Å²) in [5.74, 6) is -0.510. The highest BCUT2D eigenvalue weighted by Gasteiger charge is 2.21. The fourth-order valence-electron chi connectivity index (χ4n) is 1.46. The van der Waals surface area contributed by atoms with Crippen molar-refractivity contribution < 1.29 is 9.90 Å². The summed E-state index contributed by atoms with van der Waals surface area (Å²) in [6.45, 7) is 3.81. The summed E-state index contributed by atoms with van der Waals surface area (Å²) in [7, 11) is 0. The van der Waals surface area contributed by atoms with Gasteiger partial charge in [-0.15, -0.1) is 11.3 Å². The molecule has 0 unspecified atom stereocenters. The Kier molecular flexibility index (Phi) is 2.84. The number of aromatic amines is 1. The second kappa shape index (κ2) is 4.17. The molecule has 2 aromatic heterocycles. The van der Waals surface area contributed by atoms with Gasteiger partial charge in [0.2, 0.25) is 0 Å². The Hall–Kier alpha value is -1.89. The molecule has 0 spiro atoms. The van der Waals surface area contributed by atoms with Gasteiger partial charge in [-0.25, -0.2) is 9.78 Å². The van der Waals surface area contributed by atoms with E-state index in [1.165, 1.54) is 0 Å². The molecule has 0 atom stereocenters. The molecule has 0 aliphatic rings. The Morgan fingerprint density at radius 2 is 2.29 bits per heavy atom. The number of nitrogen functional groups attached to an aromatic ring is 1. The number of carboxylic acid groups (broad SMARTS) is 1. The lowest BCUT2D eigenvalue weighted by molar-refractivity contribution is 0.0700. The highest BCUT2D eigenvalue weighted by Crippen LogP contribution is 2.33. The van der Waals surface area contributed by atoms with E-state index in [9.17, 15) is 4.79 Å². The third-order valence-corrected chi connectivity index (χ3v) is 3.39. The van der Waals surface area contributed by atoms with Gasteiger partial charge in [0, 0.05) is 0 Å². The van der Waals surface area contributed by atoms with Crippen LogP contribution in [-0.2, 0) is 0 Å². The third kappa shape index (κ3) is 2.01. The summed E-state index contributed by atoms with van der Waals surface area (Å²) < 4.78 is 0. The van der Waals surface area contributed by atoms with Crippen LogP contribution >= 0.6 is 11.3 Å². The maximum atomic E-state index is 11.1. The van der Waals surface area contributed by atoms with Gasteiger partial charge in [-0.1, -0.05) is 13.8 Å². The van der Waals surface area contributed by atoms with Crippen LogP contribution in [0.3, 0.4) is 0 Å². The van der Waals surface area contributed by atoms with Crippen molar-refractivity contribution in [2.75, 3.05) is 5.73 Å². The Morgan fingerprint density at radius 3 is 2.71 bits per heavy atom. The highest BCUT2D eigenvalue weighted by molar-refractivity contribution is 7.17. The molecule has 0 bridgehead atoms. The van der Waals surface area contributed by atoms with Crippen LogP contribution in [0.5, 0.6) is 0 Å². The number of carbonyl (C=O) groups is 1. The lowest BCUT2D eigenvalue weighted by Crippen LogP contribution is -2.00. The Labute approximate surface area is 102 Å². The number of aromatic nitrogens is 3. The number of hydrogen-bond donors (Lipinski definition) is 3. The highest BCUT2D eigenvalue weighted by atomic mass is 32.1. The van der Waals surface area contributed by atoms with Gasteiger partial charge in [0.15, 0.2) is 0 Å². The quantitative estimate of drug-likeness (QED) is 0.774. The third-order valence-electron chi connectivity index (χ3n) is 2.29. The van der Waals surface area contributed by atoms with Crippen molar-refractivity contribution in [2.45, 2.75) is 19.8 Å². The zero-order valence-corrected chi connectivity index (χ0v) is 10.2. The van der Waals surface area contributed by atoms with Gasteiger partial charge < -0.3 is 10.8 Å². The standard InChI is InChI=1S/C10H12N4O2S/c1-4(2)6-7(10(15)16)17-9(13-6)5-3-12-14-8(5)11/h3-4H,1-2H3,(H,15,16)(H3,11,12,14). The van der Waals surface area contributed by atoms with E-state index in [2.05, 4.69) is 15.2 Å². The van der Waals surface area contributed by atoms with Gasteiger partial charge >= 0.3 is 5.97 Å². The van der Waals surface area contributed by atoms with E-state index in [1.807, 2.05) is 13.8 Å². The molecule has 90 valence electrons. The van der Waals surface area contributed by atoms with Gasteiger partial charge in [-0.3, -0.25) is 5.10 Å². The van der Waals surface area contributed by atoms with Crippen LogP contribution in [0, 0.1) is 0 Å². The number of nitrogens with one attached hydrogen (secondary N) is 1. The molecule has 0 amide bonds. The lowest BCUT2D eigenvalue weighted by Gasteiger charge is -2.00. The minimum absolute atomic E-state index is 0.0548. The van der Waals surface area contributed by atoms with Crippen LogP contribution in [0.25, 0.3) is 10.6 Å². The molecule has 17 heavy (non-hydrogen) atoms. The Balaban J connectivity index is 2.55. The number of nitrogens with two attached hydrogens (primary N) is 1. The van der Waals surface area contributed by atoms with E-state index in [0.29, 0.717) is 22.1 Å². The minimum atomic E-state index is -0.959. The number of aromatic carboxylic acids is 1. The molecule has 0 radical (unpaired) electrons. The van der Waals surface area contributed by atoms with Crippen molar-refractivity contribution in [3.8, 4) is 10.6 Å². The fraction of sp³-hybridized carbons (Fsp3) is 0.300. The first-order chi connectivity index (χ1) is 8.00. The first kappa shape index (κ1) is 11.6. The summed E-state index contributed by atoms with van der Waals surface area (Å²) >= 11 is 1.12. The van der Waals surface area contributed by atoms with Crippen molar-refractivity contribution >= 4 is 23.1 Å². The van der Waals surface area contributed by atoms with E-state index >= 15 is 0 Å². The molecule has 0 aliphatic heterocycles. The molecule has 0 saturated carbocycles. The van der Waals surface area contributed by atoms with Gasteiger partial charge in [0.05, 0.1) is 17.5 Å². The van der Waals surface area contributed by atoms with Crippen molar-refractivity contribution in [2.24, 2.45) is 0 Å². The number of hydrogen-bond acceptors (Lipinski definition) is 5. The van der Waals surface area contributed by atoms with Crippen LogP contribution in [0.2, 0.25) is 0 Å². The Morgan fingerprint density at radius 1 is 1.59 bits per heavy atom. The largest absolute Gasteiger partial charge is 0.477 e. The van der Waals surface area contributed by atoms with E-state index in [-0.39, 0.29) is 10.8 Å². The summed E-state index contributed by atoms with van der Waals surface area (Å²) in [5.41, 5.74) is 6.91. The van der Waals surface area contributed by atoms with Gasteiger partial charge in [-0.2, -0.15) is 5.10 Å². The van der Waals surface area contributed by atoms with Gasteiger partial charge in [0.25, 0.3) is 0 Å². The molecule has 2 aromatic rings. The molecule has 7 heteroatoms. The average molecular weight is 252 g/mol. The predicted molar refractivity (Wildman–Crippen MR) is 65.2 cm³/mol. The number of thiazole rings is 1. The monoisotopic (exact) mass is 252 g/mol. The Bertz CT molecular complexity index is 558. The van der Waals surface area contributed by atoms with Crippen LogP contribution in [0.15, 0.2) is 6.20 Å². The maximum Gasteiger partial charge on any atom is 0.347 e. The van der Waals surface area contributed by atoms with Crippen LogP contribution < -0.4 is 5.73 Å². The maximum absolute atomic E-state index is 11.1. The number of carboxylic acids is 1. The molecule has 2 rings (SSSR count). The molecule has 4 N–H and O–H groups in total. The molecule has 0 aromatic carbocycles. The minimum Gasteiger partial charge on any atom is -0.477 e. The molecule has 2 heterocycles. The van der Waals surface area contributed by atoms with Crippen LogP contribution in [0.4, 0.5) is 5.82 Å². The zero-order valence-electron chi connectivity index (χ0n) is 9.39. The molecule has 0 saturated heterocycles. The van der Waals surface area contributed by atoms with Gasteiger partial charge in [-0.05, 0) is 5.92 Å². The topological polar surface area (TPSA) is 105 Å². The molecular weight excluding hydrogens is 240 g/mol. The normalized spacial score (nSPS) is 11.0. The number of H-pyrrole nitrogens is 1. The summed E-state index contributed by atoms with van der Waals surface area (Å²) in [6.07, 6.45) is 1.55. The SMILES string of the molecule is CC(C)c1nc(-c2cn[nH]c2N)sc1C(=O)O. The fourth-order valence-corrected chi connectivity index (χ4v) is 2.54. The van der Waals surface area contributed by atoms with E-state index in [0.717, 1.165) is 11.3 Å². The predicted octanol–water partition coefficient (Wildman–Crippen LogP) is 1.94. The van der Waals surface area contributed by atoms with Crippen LogP contribution in [0.1, 0.15) is 35.1 Å². The molecule has 0 fully saturated rings. The molecule has 0 aliphatic carbocycles. The average Bonchev–Trinajstić information content (AvgIpc) is 2.82. The number of nitrogens with zero attached hydrogens (tertiary/aromatic N) is 2. The first-order valence-electron chi connectivity index (χ1n) is 5.04. The van der Waals surface area contributed by atoms with Crippen molar-refractivity contribution in [1.29, 1.82) is 0 Å². The second-order valence-corrected chi connectivity index (χ2v) is 4.89. The summed E-state index contributed by atoms with van der Waals surface area (Å²) in [6, 6.07) is 0. The van der Waals surface area contributed by atoms with Crippen molar-refractivity contribution in [3.05, 3.63) is 16.8 Å². The lowest BCUT2D eigenvalue weighted by atomic mass is 10.1. The van der Waals surface area contributed by atoms with E-state index in [1.54, 1.807) is 6.20 Å². The number of anilines is 1. The molecular formula is C10H12N4O2S. The van der Waals surface area contributed by atoms with Crippen LogP contribution in [-0.4, -0.2) is 26.3 Å². The zero-order chi connectivity index (χ0) is 12.6. The van der Waals surface area contributed by atoms with E-state index < -0.39 is 5.97 Å². The van der Waals surface area contributed by atoms with Crippen molar-refractivity contribution in [1.82, 2.24) is 15.2 Å².